The van der Waals surface area contributed by atoms with Crippen molar-refractivity contribution in [2.45, 2.75) is 31.6 Å². The molecule has 0 atom stereocenters. The van der Waals surface area contributed by atoms with Crippen LogP contribution < -0.4 is 10.6 Å². The third-order valence-corrected chi connectivity index (χ3v) is 7.64. The van der Waals surface area contributed by atoms with Gasteiger partial charge in [-0.3, -0.25) is 9.78 Å². The second kappa shape index (κ2) is 10.2. The van der Waals surface area contributed by atoms with Gasteiger partial charge in [0.05, 0.1) is 36.1 Å². The van der Waals surface area contributed by atoms with Crippen molar-refractivity contribution in [2.24, 2.45) is 0 Å². The molecule has 9 nitrogen and oxygen atoms in total. The van der Waals surface area contributed by atoms with Crippen molar-refractivity contribution in [1.29, 1.82) is 0 Å². The highest BCUT2D eigenvalue weighted by Crippen LogP contribution is 2.37. The molecule has 1 aliphatic heterocycles. The minimum absolute atomic E-state index is 0.0345. The molecule has 2 N–H and O–H groups in total. The van der Waals surface area contributed by atoms with E-state index in [4.69, 9.17) is 9.72 Å². The van der Waals surface area contributed by atoms with E-state index < -0.39 is 0 Å². The van der Waals surface area contributed by atoms with E-state index in [1.54, 1.807) is 17.5 Å². The van der Waals surface area contributed by atoms with Gasteiger partial charge in [-0.2, -0.15) is 0 Å². The summed E-state index contributed by atoms with van der Waals surface area (Å²) in [6.07, 6.45) is 6.75. The van der Waals surface area contributed by atoms with Crippen LogP contribution in [-0.2, 0) is 4.74 Å². The van der Waals surface area contributed by atoms with Gasteiger partial charge in [-0.15, -0.1) is 10.2 Å². The van der Waals surface area contributed by atoms with Crippen LogP contribution in [-0.4, -0.2) is 57.3 Å². The van der Waals surface area contributed by atoms with Crippen molar-refractivity contribution in [3.63, 3.8) is 0 Å². The first-order valence-corrected chi connectivity index (χ1v) is 13.1. The first-order valence-electron chi connectivity index (χ1n) is 12.3. The Balaban J connectivity index is 1.14. The van der Waals surface area contributed by atoms with E-state index in [0.29, 0.717) is 43.6 Å². The second-order valence-corrected chi connectivity index (χ2v) is 10.1. The number of carbonyl (C=O) groups is 1. The summed E-state index contributed by atoms with van der Waals surface area (Å²) in [6.45, 7) is 2.44. The van der Waals surface area contributed by atoms with E-state index in [1.165, 1.54) is 25.7 Å². The molecule has 2 aliphatic rings. The maximum Gasteiger partial charge on any atom is 0.254 e. The average Bonchev–Trinajstić information content (AvgIpc) is 3.62. The van der Waals surface area contributed by atoms with E-state index >= 15 is 0 Å². The Hall–Kier alpha value is -3.63. The van der Waals surface area contributed by atoms with E-state index in [9.17, 15) is 4.79 Å². The molecule has 0 spiro atoms. The van der Waals surface area contributed by atoms with Gasteiger partial charge in [0, 0.05) is 30.3 Å². The Morgan fingerprint density at radius 3 is 2.56 bits per heavy atom. The molecule has 184 valence electrons. The lowest BCUT2D eigenvalue weighted by molar-refractivity contribution is 0.0303. The first-order chi connectivity index (χ1) is 17.7. The van der Waals surface area contributed by atoms with Crippen LogP contribution in [0.1, 0.15) is 47.0 Å². The molecule has 2 fully saturated rings. The number of pyridine rings is 2. The Kier molecular flexibility index (Phi) is 6.44. The smallest absolute Gasteiger partial charge is 0.254 e. The highest BCUT2D eigenvalue weighted by Gasteiger charge is 2.21. The van der Waals surface area contributed by atoms with Crippen molar-refractivity contribution < 1.29 is 9.53 Å². The zero-order valence-electron chi connectivity index (χ0n) is 19.8. The number of anilines is 4. The maximum absolute atomic E-state index is 12.7. The SMILES string of the molecule is O=C(c1ccc(Nc2cnc3ccc(Nc4nnc(C5CCCC5)s4)nc3c2)cc1)N1CCOCC1. The van der Waals surface area contributed by atoms with Gasteiger partial charge in [-0.05, 0) is 55.3 Å². The van der Waals surface area contributed by atoms with Crippen molar-refractivity contribution in [3.8, 4) is 0 Å². The summed E-state index contributed by atoms with van der Waals surface area (Å²) < 4.78 is 5.33. The molecule has 1 aromatic carbocycles. The molecule has 0 unspecified atom stereocenters. The molecule has 1 aliphatic carbocycles. The molecular weight excluding hydrogens is 474 g/mol. The minimum Gasteiger partial charge on any atom is -0.378 e. The van der Waals surface area contributed by atoms with Gasteiger partial charge < -0.3 is 20.3 Å². The topological polar surface area (TPSA) is 105 Å². The van der Waals surface area contributed by atoms with Gasteiger partial charge in [0.1, 0.15) is 10.8 Å². The largest absolute Gasteiger partial charge is 0.378 e. The van der Waals surface area contributed by atoms with Gasteiger partial charge in [0.15, 0.2) is 0 Å². The fourth-order valence-electron chi connectivity index (χ4n) is 4.69. The standard InChI is InChI=1S/C26H27N7O2S/c34-25(33-11-13-35-14-12-33)18-5-7-19(8-6-18)28-20-15-22-21(27-16-20)9-10-23(29-22)30-26-32-31-24(36-26)17-3-1-2-4-17/h5-10,15-17,28H,1-4,11-14H2,(H,29,30,32). The lowest BCUT2D eigenvalue weighted by Gasteiger charge is -2.26. The van der Waals surface area contributed by atoms with Crippen LogP contribution in [0.5, 0.6) is 0 Å². The summed E-state index contributed by atoms with van der Waals surface area (Å²) in [5, 5.41) is 17.2. The van der Waals surface area contributed by atoms with Gasteiger partial charge in [-0.25, -0.2) is 4.98 Å². The molecule has 1 amide bonds. The number of rotatable bonds is 6. The van der Waals surface area contributed by atoms with Crippen molar-refractivity contribution in [3.05, 3.63) is 59.2 Å². The highest BCUT2D eigenvalue weighted by molar-refractivity contribution is 7.15. The molecule has 6 rings (SSSR count). The number of ether oxygens (including phenoxy) is 1. The van der Waals surface area contributed by atoms with Crippen LogP contribution in [0.3, 0.4) is 0 Å². The second-order valence-electron chi connectivity index (χ2n) is 9.12. The van der Waals surface area contributed by atoms with E-state index in [-0.39, 0.29) is 5.91 Å². The maximum atomic E-state index is 12.7. The lowest BCUT2D eigenvalue weighted by atomic mass is 10.1. The van der Waals surface area contributed by atoms with Crippen LogP contribution in [0, 0.1) is 0 Å². The number of nitrogens with zero attached hydrogens (tertiary/aromatic N) is 5. The Morgan fingerprint density at radius 2 is 1.75 bits per heavy atom. The molecule has 1 saturated heterocycles. The van der Waals surface area contributed by atoms with E-state index in [0.717, 1.165) is 32.5 Å². The molecule has 10 heteroatoms. The predicted octanol–water partition coefficient (Wildman–Crippen LogP) is 5.10. The fraction of sp³-hybridized carbons (Fsp3) is 0.346. The number of fused-ring (bicyclic) bond motifs is 1. The average molecular weight is 502 g/mol. The fourth-order valence-corrected chi connectivity index (χ4v) is 5.61. The van der Waals surface area contributed by atoms with Crippen molar-refractivity contribution in [1.82, 2.24) is 25.1 Å². The third kappa shape index (κ3) is 5.00. The summed E-state index contributed by atoms with van der Waals surface area (Å²) in [5.74, 6) is 1.29. The first kappa shape index (κ1) is 22.8. The number of benzene rings is 1. The highest BCUT2D eigenvalue weighted by atomic mass is 32.1. The number of morpholine rings is 1. The van der Waals surface area contributed by atoms with Gasteiger partial charge in [0.25, 0.3) is 5.91 Å². The van der Waals surface area contributed by atoms with E-state index in [2.05, 4.69) is 25.8 Å². The molecule has 1 saturated carbocycles. The summed E-state index contributed by atoms with van der Waals surface area (Å²) in [5.41, 5.74) is 3.94. The minimum atomic E-state index is 0.0345. The number of hydrogen-bond donors (Lipinski definition) is 2. The molecule has 36 heavy (non-hydrogen) atoms. The molecular formula is C26H27N7O2S. The monoisotopic (exact) mass is 501 g/mol. The lowest BCUT2D eigenvalue weighted by Crippen LogP contribution is -2.40. The quantitative estimate of drug-likeness (QED) is 0.376. The van der Waals surface area contributed by atoms with Gasteiger partial charge in [-0.1, -0.05) is 24.2 Å². The number of aromatic nitrogens is 4. The summed E-state index contributed by atoms with van der Waals surface area (Å²) >= 11 is 1.61. The normalized spacial score (nSPS) is 16.4. The van der Waals surface area contributed by atoms with Crippen LogP contribution in [0.25, 0.3) is 11.0 Å². The Bertz CT molecular complexity index is 1360. The van der Waals surface area contributed by atoms with Gasteiger partial charge in [0.2, 0.25) is 5.13 Å². The molecule has 4 aromatic rings. The Labute approximate surface area is 212 Å². The molecule has 3 aromatic heterocycles. The molecule has 0 bridgehead atoms. The zero-order valence-corrected chi connectivity index (χ0v) is 20.6. The summed E-state index contributed by atoms with van der Waals surface area (Å²) in [7, 11) is 0. The van der Waals surface area contributed by atoms with Crippen LogP contribution in [0.4, 0.5) is 22.3 Å². The summed E-state index contributed by atoms with van der Waals surface area (Å²) in [4.78, 5) is 23.8. The van der Waals surface area contributed by atoms with Gasteiger partial charge >= 0.3 is 0 Å². The number of hydrogen-bond acceptors (Lipinski definition) is 9. The predicted molar refractivity (Wildman–Crippen MR) is 140 cm³/mol. The van der Waals surface area contributed by atoms with Crippen LogP contribution in [0.2, 0.25) is 0 Å². The summed E-state index contributed by atoms with van der Waals surface area (Å²) in [6, 6.07) is 13.3. The number of amides is 1. The molecule has 0 radical (unpaired) electrons. The number of carbonyl (C=O) groups excluding carboxylic acids is 1. The molecule has 4 heterocycles. The Morgan fingerprint density at radius 1 is 0.944 bits per heavy atom. The van der Waals surface area contributed by atoms with Crippen molar-refractivity contribution >= 4 is 50.6 Å². The van der Waals surface area contributed by atoms with Crippen molar-refractivity contribution in [2.75, 3.05) is 36.9 Å². The zero-order chi connectivity index (χ0) is 24.3. The van der Waals surface area contributed by atoms with E-state index in [1.807, 2.05) is 47.4 Å². The van der Waals surface area contributed by atoms with Crippen LogP contribution >= 0.6 is 11.3 Å². The number of nitrogens with one attached hydrogen (secondary N) is 2. The third-order valence-electron chi connectivity index (χ3n) is 6.64. The van der Waals surface area contributed by atoms with Crippen LogP contribution in [0.15, 0.2) is 48.7 Å².